The Labute approximate surface area is 229 Å². The number of amides is 1. The monoisotopic (exact) mass is 584 g/mol. The lowest BCUT2D eigenvalue weighted by molar-refractivity contribution is 0.0608. The summed E-state index contributed by atoms with van der Waals surface area (Å²) in [5, 5.41) is 4.10. The summed E-state index contributed by atoms with van der Waals surface area (Å²) in [6, 6.07) is 6.62. The van der Waals surface area contributed by atoms with Gasteiger partial charge in [-0.15, -0.1) is 15.6 Å². The quantitative estimate of drug-likeness (QED) is 0.346. The van der Waals surface area contributed by atoms with Gasteiger partial charge < -0.3 is 10.1 Å². The predicted molar refractivity (Wildman–Crippen MR) is 143 cm³/mol. The Kier molecular flexibility index (Phi) is 8.26. The zero-order valence-electron chi connectivity index (χ0n) is 21.0. The van der Waals surface area contributed by atoms with Gasteiger partial charge in [-0.3, -0.25) is 4.90 Å². The molecule has 1 aromatic heterocycles. The summed E-state index contributed by atoms with van der Waals surface area (Å²) >= 11 is 7.39. The van der Waals surface area contributed by atoms with E-state index in [2.05, 4.69) is 15.2 Å². The molecule has 204 valence electrons. The second kappa shape index (κ2) is 11.1. The lowest BCUT2D eigenvalue weighted by atomic mass is 10.0. The van der Waals surface area contributed by atoms with Gasteiger partial charge in [0, 0.05) is 24.0 Å². The van der Waals surface area contributed by atoms with E-state index in [0.29, 0.717) is 16.4 Å². The number of carbonyl (C=O) groups excluding carboxylic acids is 1. The lowest BCUT2D eigenvalue weighted by Gasteiger charge is -2.31. The lowest BCUT2D eigenvalue weighted by Crippen LogP contribution is -2.41. The molecule has 1 fully saturated rings. The Bertz CT molecular complexity index is 1430. The summed E-state index contributed by atoms with van der Waals surface area (Å²) in [7, 11) is -4.81. The van der Waals surface area contributed by atoms with E-state index >= 15 is 4.39 Å². The Morgan fingerprint density at radius 2 is 1.97 bits per heavy atom. The van der Waals surface area contributed by atoms with Crippen molar-refractivity contribution in [3.63, 3.8) is 0 Å². The smallest absolute Gasteiger partial charge is 0.430 e. The van der Waals surface area contributed by atoms with Crippen molar-refractivity contribution in [2.45, 2.75) is 50.8 Å². The van der Waals surface area contributed by atoms with Gasteiger partial charge >= 0.3 is 6.09 Å². The minimum atomic E-state index is -4.81. The summed E-state index contributed by atoms with van der Waals surface area (Å²) in [5.41, 5.74) is 1.58. The number of aromatic nitrogens is 1. The molecule has 0 unspecified atom stereocenters. The number of likely N-dealkylation sites (tertiary alicyclic amines) is 1. The summed E-state index contributed by atoms with van der Waals surface area (Å²) in [4.78, 5) is 18.1. The summed E-state index contributed by atoms with van der Waals surface area (Å²) in [5.74, 6) is -1.81. The van der Waals surface area contributed by atoms with E-state index in [1.165, 1.54) is 17.0 Å². The highest BCUT2D eigenvalue weighted by molar-refractivity contribution is 7.93. The number of anilines is 2. The van der Waals surface area contributed by atoms with Crippen LogP contribution in [0, 0.1) is 11.6 Å². The summed E-state index contributed by atoms with van der Waals surface area (Å²) < 4.78 is 62.4. The van der Waals surface area contributed by atoms with Crippen LogP contribution >= 0.6 is 22.9 Å². The number of hydrogen-bond acceptors (Lipinski definition) is 8. The van der Waals surface area contributed by atoms with Crippen molar-refractivity contribution in [2.24, 2.45) is 0 Å². The van der Waals surface area contributed by atoms with Crippen LogP contribution in [-0.4, -0.2) is 43.1 Å². The molecule has 1 saturated heterocycles. The number of nitrogens with one attached hydrogen (secondary N) is 1. The molecule has 2 heterocycles. The van der Waals surface area contributed by atoms with Crippen molar-refractivity contribution in [2.75, 3.05) is 22.7 Å². The van der Waals surface area contributed by atoms with Crippen LogP contribution in [0.1, 0.15) is 38.3 Å². The molecule has 4 rings (SSSR count). The fraction of sp³-hybridized carbons (Fsp3) is 0.360. The fourth-order valence-electron chi connectivity index (χ4n) is 3.80. The van der Waals surface area contributed by atoms with Crippen molar-refractivity contribution in [1.82, 2.24) is 9.88 Å². The van der Waals surface area contributed by atoms with Gasteiger partial charge in [-0.05, 0) is 64.0 Å². The third-order valence-corrected chi connectivity index (χ3v) is 8.31. The second-order valence-corrected chi connectivity index (χ2v) is 12.6. The highest BCUT2D eigenvalue weighted by atomic mass is 35.5. The van der Waals surface area contributed by atoms with Gasteiger partial charge in [-0.25, -0.2) is 27.0 Å². The molecular weight excluding hydrogens is 558 g/mol. The van der Waals surface area contributed by atoms with E-state index in [1.54, 1.807) is 26.8 Å². The molecule has 0 aliphatic carbocycles. The number of rotatable bonds is 8. The molecule has 0 saturated carbocycles. The topological polar surface area (TPSA) is 91.8 Å². The third kappa shape index (κ3) is 6.25. The first-order valence-electron chi connectivity index (χ1n) is 11.7. The van der Waals surface area contributed by atoms with Crippen LogP contribution in [0.4, 0.5) is 25.1 Å². The Morgan fingerprint density at radius 1 is 1.24 bits per heavy atom. The molecule has 0 spiro atoms. The van der Waals surface area contributed by atoms with Crippen molar-refractivity contribution in [3.8, 4) is 0 Å². The fourth-order valence-corrected chi connectivity index (χ4v) is 6.03. The zero-order chi connectivity index (χ0) is 27.7. The van der Waals surface area contributed by atoms with Crippen LogP contribution in [-0.2, 0) is 27.8 Å². The van der Waals surface area contributed by atoms with E-state index in [-0.39, 0.29) is 23.1 Å². The molecule has 1 N–H and O–H groups in total. The Balaban J connectivity index is 1.62. The van der Waals surface area contributed by atoms with E-state index in [1.807, 2.05) is 6.07 Å². The maximum absolute atomic E-state index is 15.3. The molecule has 3 aromatic rings. The van der Waals surface area contributed by atoms with Gasteiger partial charge in [0.1, 0.15) is 22.1 Å². The predicted octanol–water partition coefficient (Wildman–Crippen LogP) is 6.02. The largest absolute Gasteiger partial charge is 0.443 e. The molecule has 1 amide bonds. The first kappa shape index (κ1) is 28.2. The molecule has 0 bridgehead atoms. The van der Waals surface area contributed by atoms with Crippen LogP contribution in [0.5, 0.6) is 0 Å². The maximum Gasteiger partial charge on any atom is 0.430 e. The number of sulfonamides is 1. The minimum Gasteiger partial charge on any atom is -0.443 e. The number of hydrogen-bond donors (Lipinski definition) is 1. The Hall–Kier alpha value is -2.80. The van der Waals surface area contributed by atoms with Crippen LogP contribution in [0.25, 0.3) is 0 Å². The normalized spacial score (nSPS) is 14.2. The van der Waals surface area contributed by atoms with E-state index in [0.717, 1.165) is 48.5 Å². The molecule has 1 aliphatic heterocycles. The summed E-state index contributed by atoms with van der Waals surface area (Å²) in [6.45, 7) is 7.18. The SMILES string of the molecule is CC(C)(C)OC(=O)N(c1cscn1)S(=O)(=O)c1cc(Cl)c(NCc2c(F)cccc2CN2CCC2)cc1F. The van der Waals surface area contributed by atoms with Gasteiger partial charge in [-0.1, -0.05) is 23.7 Å². The van der Waals surface area contributed by atoms with Crippen LogP contribution in [0.15, 0.2) is 46.1 Å². The maximum atomic E-state index is 15.3. The number of halogens is 3. The molecule has 2 aromatic carbocycles. The first-order chi connectivity index (χ1) is 17.9. The number of carbonyl (C=O) groups is 1. The van der Waals surface area contributed by atoms with E-state index < -0.39 is 38.2 Å². The molecule has 8 nitrogen and oxygen atoms in total. The van der Waals surface area contributed by atoms with Crippen molar-refractivity contribution < 1.29 is 26.7 Å². The molecule has 13 heteroatoms. The van der Waals surface area contributed by atoms with E-state index in [9.17, 15) is 17.6 Å². The number of nitrogens with zero attached hydrogens (tertiary/aromatic N) is 3. The van der Waals surface area contributed by atoms with E-state index in [4.69, 9.17) is 16.3 Å². The molecular formula is C25H27ClF2N4O4S2. The highest BCUT2D eigenvalue weighted by Crippen LogP contribution is 2.33. The third-order valence-electron chi connectivity index (χ3n) is 5.74. The zero-order valence-corrected chi connectivity index (χ0v) is 23.4. The van der Waals surface area contributed by atoms with Crippen molar-refractivity contribution in [1.29, 1.82) is 0 Å². The molecule has 38 heavy (non-hydrogen) atoms. The molecule has 1 aliphatic rings. The van der Waals surface area contributed by atoms with Gasteiger partial charge in [0.25, 0.3) is 10.0 Å². The average molecular weight is 585 g/mol. The average Bonchev–Trinajstić information content (AvgIpc) is 3.30. The van der Waals surface area contributed by atoms with Gasteiger partial charge in [0.15, 0.2) is 5.82 Å². The molecule has 0 radical (unpaired) electrons. The standard InChI is InChI=1S/C25H27ClF2N4O4S2/c1-25(2,3)36-24(33)32(23-14-37-15-30-23)38(34,35)22-10-18(26)21(11-20(22)28)29-12-17-16(6-4-7-19(17)27)13-31-8-5-9-31/h4,6-7,10-11,14-15,29H,5,8-9,12-13H2,1-3H3. The van der Waals surface area contributed by atoms with Crippen LogP contribution in [0.3, 0.4) is 0 Å². The van der Waals surface area contributed by atoms with Crippen LogP contribution in [0.2, 0.25) is 5.02 Å². The Morgan fingerprint density at radius 3 is 2.58 bits per heavy atom. The van der Waals surface area contributed by atoms with Gasteiger partial charge in [-0.2, -0.15) is 0 Å². The first-order valence-corrected chi connectivity index (χ1v) is 14.5. The minimum absolute atomic E-state index is 0.00393. The van der Waals surface area contributed by atoms with Gasteiger partial charge in [0.05, 0.1) is 16.2 Å². The van der Waals surface area contributed by atoms with Crippen molar-refractivity contribution in [3.05, 3.63) is 69.0 Å². The number of thiazole rings is 1. The van der Waals surface area contributed by atoms with Gasteiger partial charge in [0.2, 0.25) is 0 Å². The molecule has 0 atom stereocenters. The second-order valence-electron chi connectivity index (χ2n) is 9.72. The van der Waals surface area contributed by atoms with Crippen LogP contribution < -0.4 is 9.62 Å². The number of benzene rings is 2. The summed E-state index contributed by atoms with van der Waals surface area (Å²) in [6.07, 6.45) is -0.142. The van der Waals surface area contributed by atoms with Crippen molar-refractivity contribution >= 4 is 50.6 Å². The number of ether oxygens (including phenoxy) is 1. The highest BCUT2D eigenvalue weighted by Gasteiger charge is 2.38.